The zero-order valence-corrected chi connectivity index (χ0v) is 11.2. The van der Waals surface area contributed by atoms with Crippen molar-refractivity contribution >= 4 is 13.7 Å². The zero-order valence-electron chi connectivity index (χ0n) is 10.3. The monoisotopic (exact) mass is 250 g/mol. The Bertz CT molecular complexity index is 372. The van der Waals surface area contributed by atoms with Crippen LogP contribution in [0.15, 0.2) is 24.3 Å². The Balaban J connectivity index is 1.78. The van der Waals surface area contributed by atoms with Crippen LogP contribution in [-0.4, -0.2) is 12.2 Å². The summed E-state index contributed by atoms with van der Waals surface area (Å²) in [5, 5.41) is 1.30. The van der Waals surface area contributed by atoms with Gasteiger partial charge in [0.2, 0.25) is 8.38 Å². The Hall–Kier alpha value is -0.430. The van der Waals surface area contributed by atoms with Crippen molar-refractivity contribution in [3.8, 4) is 0 Å². The van der Waals surface area contributed by atoms with Crippen LogP contribution in [0.3, 0.4) is 0 Å². The van der Waals surface area contributed by atoms with Crippen LogP contribution in [0.2, 0.25) is 0 Å². The molecule has 0 unspecified atom stereocenters. The van der Waals surface area contributed by atoms with E-state index in [1.807, 2.05) is 0 Å². The van der Waals surface area contributed by atoms with Gasteiger partial charge in [-0.3, -0.25) is 0 Å². The van der Waals surface area contributed by atoms with Crippen LogP contribution in [-0.2, 0) is 15.5 Å². The first-order chi connectivity index (χ1) is 8.36. The van der Waals surface area contributed by atoms with Gasteiger partial charge in [-0.1, -0.05) is 25.1 Å². The summed E-state index contributed by atoms with van der Waals surface area (Å²) < 4.78 is 12.2. The van der Waals surface area contributed by atoms with Gasteiger partial charge in [0.25, 0.3) is 0 Å². The van der Waals surface area contributed by atoms with E-state index in [1.165, 1.54) is 36.6 Å². The molecule has 0 radical (unpaired) electrons. The van der Waals surface area contributed by atoms with Crippen LogP contribution in [0, 0.1) is 0 Å². The predicted molar refractivity (Wildman–Crippen MR) is 70.6 cm³/mol. The molecular weight excluding hydrogens is 231 g/mol. The van der Waals surface area contributed by atoms with Crippen molar-refractivity contribution < 1.29 is 9.05 Å². The fourth-order valence-electron chi connectivity index (χ4n) is 1.74. The summed E-state index contributed by atoms with van der Waals surface area (Å²) in [7, 11) is -0.836. The lowest BCUT2D eigenvalue weighted by Crippen LogP contribution is -2.12. The molecule has 0 aliphatic heterocycles. The molecule has 0 spiro atoms. The highest BCUT2D eigenvalue weighted by molar-refractivity contribution is 7.56. The zero-order chi connectivity index (χ0) is 11.7. The van der Waals surface area contributed by atoms with Gasteiger partial charge in [0.1, 0.15) is 0 Å². The van der Waals surface area contributed by atoms with Gasteiger partial charge in [-0.15, -0.1) is 0 Å². The molecule has 2 aliphatic rings. The van der Waals surface area contributed by atoms with E-state index in [0.717, 1.165) is 6.42 Å². The van der Waals surface area contributed by atoms with E-state index < -0.39 is 8.38 Å². The second kappa shape index (κ2) is 5.06. The summed E-state index contributed by atoms with van der Waals surface area (Å²) in [4.78, 5) is 0. The highest BCUT2D eigenvalue weighted by Gasteiger charge is 2.34. The summed E-state index contributed by atoms with van der Waals surface area (Å²) in [6.45, 7) is 2.20. The molecular formula is C14H19O2P. The molecule has 0 amide bonds. The third kappa shape index (κ3) is 3.07. The number of hydrogen-bond acceptors (Lipinski definition) is 2. The molecule has 2 fully saturated rings. The van der Waals surface area contributed by atoms with Crippen LogP contribution in [0.25, 0.3) is 0 Å². The molecule has 0 aromatic heterocycles. The van der Waals surface area contributed by atoms with Crippen LogP contribution in [0.5, 0.6) is 0 Å². The lowest BCUT2D eigenvalue weighted by Gasteiger charge is -2.19. The minimum atomic E-state index is -0.836. The first kappa shape index (κ1) is 11.6. The number of hydrogen-bond donors (Lipinski definition) is 0. The number of rotatable bonds is 6. The Labute approximate surface area is 104 Å². The van der Waals surface area contributed by atoms with Crippen molar-refractivity contribution in [3.05, 3.63) is 29.8 Å². The summed E-state index contributed by atoms with van der Waals surface area (Å²) >= 11 is 0. The maximum atomic E-state index is 6.08. The lowest BCUT2D eigenvalue weighted by molar-refractivity contribution is 0.240. The average molecular weight is 250 g/mol. The molecule has 0 atom stereocenters. The minimum absolute atomic E-state index is 0.463. The van der Waals surface area contributed by atoms with Crippen LogP contribution in [0.4, 0.5) is 0 Å². The van der Waals surface area contributed by atoms with Crippen molar-refractivity contribution in [2.75, 3.05) is 0 Å². The molecule has 0 bridgehead atoms. The van der Waals surface area contributed by atoms with Gasteiger partial charge < -0.3 is 9.05 Å². The Morgan fingerprint density at radius 1 is 1.06 bits per heavy atom. The lowest BCUT2D eigenvalue weighted by atomic mass is 10.2. The number of benzene rings is 1. The normalized spacial score (nSPS) is 19.9. The summed E-state index contributed by atoms with van der Waals surface area (Å²) in [5.41, 5.74) is 1.37. The van der Waals surface area contributed by atoms with Crippen molar-refractivity contribution in [3.63, 3.8) is 0 Å². The predicted octanol–water partition coefficient (Wildman–Crippen LogP) is 3.54. The average Bonchev–Trinajstić information content (AvgIpc) is 3.23. The van der Waals surface area contributed by atoms with Crippen molar-refractivity contribution in [2.45, 2.75) is 51.2 Å². The van der Waals surface area contributed by atoms with E-state index in [-0.39, 0.29) is 0 Å². The molecule has 3 rings (SSSR count). The summed E-state index contributed by atoms with van der Waals surface area (Å²) in [6, 6.07) is 8.56. The molecule has 3 heteroatoms. The fourth-order valence-corrected chi connectivity index (χ4v) is 3.66. The Morgan fingerprint density at radius 3 is 2.18 bits per heavy atom. The van der Waals surface area contributed by atoms with E-state index in [0.29, 0.717) is 12.2 Å². The van der Waals surface area contributed by atoms with E-state index in [4.69, 9.17) is 9.05 Å². The molecule has 92 valence electrons. The van der Waals surface area contributed by atoms with Crippen molar-refractivity contribution in [1.82, 2.24) is 0 Å². The molecule has 1 aromatic rings. The van der Waals surface area contributed by atoms with Gasteiger partial charge in [-0.25, -0.2) is 0 Å². The van der Waals surface area contributed by atoms with Gasteiger partial charge in [-0.2, -0.15) is 0 Å². The molecule has 2 aliphatic carbocycles. The van der Waals surface area contributed by atoms with Gasteiger partial charge in [-0.05, 0) is 43.7 Å². The first-order valence-electron chi connectivity index (χ1n) is 6.58. The highest BCUT2D eigenvalue weighted by atomic mass is 31.2. The van der Waals surface area contributed by atoms with Crippen LogP contribution < -0.4 is 5.30 Å². The van der Waals surface area contributed by atoms with E-state index >= 15 is 0 Å². The SMILES string of the molecule is CCc1ccccc1P(OC1CC1)OC1CC1. The topological polar surface area (TPSA) is 18.5 Å². The Morgan fingerprint density at radius 2 is 1.65 bits per heavy atom. The van der Waals surface area contributed by atoms with E-state index in [1.54, 1.807) is 0 Å². The van der Waals surface area contributed by atoms with Crippen molar-refractivity contribution in [2.24, 2.45) is 0 Å². The quantitative estimate of drug-likeness (QED) is 0.719. The molecule has 17 heavy (non-hydrogen) atoms. The molecule has 2 nitrogen and oxygen atoms in total. The van der Waals surface area contributed by atoms with Crippen LogP contribution >= 0.6 is 8.38 Å². The molecule has 0 saturated heterocycles. The van der Waals surface area contributed by atoms with E-state index in [2.05, 4.69) is 31.2 Å². The first-order valence-corrected chi connectivity index (χ1v) is 7.76. The summed E-state index contributed by atoms with van der Waals surface area (Å²) in [5.74, 6) is 0. The smallest absolute Gasteiger partial charge is 0.205 e. The van der Waals surface area contributed by atoms with Gasteiger partial charge in [0.05, 0.1) is 12.2 Å². The third-order valence-corrected chi connectivity index (χ3v) is 4.92. The second-order valence-electron chi connectivity index (χ2n) is 4.85. The highest BCUT2D eigenvalue weighted by Crippen LogP contribution is 2.49. The standard InChI is InChI=1S/C14H19O2P/c1-2-11-5-3-4-6-14(11)17(15-12-7-8-12)16-13-9-10-13/h3-6,12-13H,2,7-10H2,1H3. The third-order valence-electron chi connectivity index (χ3n) is 3.11. The molecule has 0 heterocycles. The van der Waals surface area contributed by atoms with Crippen LogP contribution in [0.1, 0.15) is 38.2 Å². The largest absolute Gasteiger partial charge is 0.327 e. The maximum Gasteiger partial charge on any atom is 0.205 e. The molecule has 2 saturated carbocycles. The Kier molecular flexibility index (Phi) is 3.46. The van der Waals surface area contributed by atoms with E-state index in [9.17, 15) is 0 Å². The fraction of sp³-hybridized carbons (Fsp3) is 0.571. The molecule has 0 N–H and O–H groups in total. The second-order valence-corrected chi connectivity index (χ2v) is 6.27. The minimum Gasteiger partial charge on any atom is -0.327 e. The molecule has 1 aromatic carbocycles. The van der Waals surface area contributed by atoms with Gasteiger partial charge >= 0.3 is 0 Å². The number of aryl methyl sites for hydroxylation is 1. The summed E-state index contributed by atoms with van der Waals surface area (Å²) in [6.07, 6.45) is 6.82. The van der Waals surface area contributed by atoms with Gasteiger partial charge in [0.15, 0.2) is 0 Å². The maximum absolute atomic E-state index is 6.08. The van der Waals surface area contributed by atoms with Crippen molar-refractivity contribution in [1.29, 1.82) is 0 Å². The van der Waals surface area contributed by atoms with Gasteiger partial charge in [0, 0.05) is 5.30 Å².